The van der Waals surface area contributed by atoms with Crippen LogP contribution in [0.2, 0.25) is 0 Å². The molecule has 0 radical (unpaired) electrons. The first-order chi connectivity index (χ1) is 33.7. The zero-order valence-electron chi connectivity index (χ0n) is 36.1. The van der Waals surface area contributed by atoms with Gasteiger partial charge in [-0.05, 0) is 88.1 Å². The summed E-state index contributed by atoms with van der Waals surface area (Å²) in [5.41, 5.74) is 12.8. The number of nitrogens with zero attached hydrogens (tertiary/aromatic N) is 4. The van der Waals surface area contributed by atoms with E-state index in [0.717, 1.165) is 132 Å². The fraction of sp³-hybridized carbons (Fsp3) is 0. The molecule has 0 amide bonds. The predicted octanol–water partition coefficient (Wildman–Crippen LogP) is 16.5. The van der Waals surface area contributed by atoms with Crippen LogP contribution in [0.1, 0.15) is 0 Å². The molecule has 316 valence electrons. The third-order valence-electron chi connectivity index (χ3n) is 13.7. The van der Waals surface area contributed by atoms with Crippen LogP contribution in [0.3, 0.4) is 0 Å². The number of hydrogen-bond acceptors (Lipinski definition) is 6. The Kier molecular flexibility index (Phi) is 7.65. The molecule has 5 aromatic heterocycles. The molecule has 15 rings (SSSR count). The first-order valence-corrected chi connectivity index (χ1v) is 22.7. The molecule has 68 heavy (non-hydrogen) atoms. The van der Waals surface area contributed by atoms with Crippen LogP contribution in [0.25, 0.3) is 149 Å². The second kappa shape index (κ2) is 14.1. The predicted molar refractivity (Wildman–Crippen MR) is 275 cm³/mol. The van der Waals surface area contributed by atoms with Crippen molar-refractivity contribution in [3.8, 4) is 51.0 Å². The lowest BCUT2D eigenvalue weighted by Gasteiger charge is -2.14. The topological polar surface area (TPSA) is 83.0 Å². The van der Waals surface area contributed by atoms with Gasteiger partial charge in [0.15, 0.2) is 11.6 Å². The summed E-state index contributed by atoms with van der Waals surface area (Å²) in [6.07, 6.45) is 0. The van der Waals surface area contributed by atoms with Crippen LogP contribution in [0.15, 0.2) is 220 Å². The van der Waals surface area contributed by atoms with Crippen LogP contribution >= 0.6 is 0 Å². The second-order valence-electron chi connectivity index (χ2n) is 17.5. The van der Waals surface area contributed by atoms with Gasteiger partial charge in [-0.15, -0.1) is 0 Å². The molecule has 0 atom stereocenters. The molecule has 0 bridgehead atoms. The van der Waals surface area contributed by atoms with Crippen molar-refractivity contribution in [1.82, 2.24) is 19.5 Å². The summed E-state index contributed by atoms with van der Waals surface area (Å²) in [6.45, 7) is 0. The van der Waals surface area contributed by atoms with Crippen LogP contribution < -0.4 is 0 Å². The van der Waals surface area contributed by atoms with Gasteiger partial charge in [0.2, 0.25) is 5.95 Å². The first-order valence-electron chi connectivity index (χ1n) is 22.7. The maximum Gasteiger partial charge on any atom is 0.238 e. The number of para-hydroxylation sites is 4. The van der Waals surface area contributed by atoms with E-state index in [2.05, 4.69) is 144 Å². The zero-order valence-corrected chi connectivity index (χ0v) is 36.1. The van der Waals surface area contributed by atoms with Gasteiger partial charge < -0.3 is 13.3 Å². The molecule has 0 saturated heterocycles. The summed E-state index contributed by atoms with van der Waals surface area (Å²) in [5.74, 6) is 1.54. The van der Waals surface area contributed by atoms with Crippen LogP contribution in [0.4, 0.5) is 0 Å². The van der Waals surface area contributed by atoms with Crippen molar-refractivity contribution >= 4 is 98.4 Å². The van der Waals surface area contributed by atoms with Crippen molar-refractivity contribution in [1.29, 1.82) is 0 Å². The highest BCUT2D eigenvalue weighted by Crippen LogP contribution is 2.44. The lowest BCUT2D eigenvalue weighted by Crippen LogP contribution is -2.07. The van der Waals surface area contributed by atoms with E-state index in [9.17, 15) is 0 Å². The maximum absolute atomic E-state index is 6.42. The number of rotatable bonds is 5. The number of aromatic nitrogens is 4. The van der Waals surface area contributed by atoms with E-state index < -0.39 is 0 Å². The Morgan fingerprint density at radius 2 is 0.824 bits per heavy atom. The molecule has 0 aliphatic heterocycles. The average Bonchev–Trinajstić information content (AvgIpc) is 4.17. The molecule has 5 heterocycles. The molecule has 15 aromatic rings. The van der Waals surface area contributed by atoms with Gasteiger partial charge >= 0.3 is 0 Å². The van der Waals surface area contributed by atoms with E-state index in [1.165, 1.54) is 0 Å². The summed E-state index contributed by atoms with van der Waals surface area (Å²) in [5, 5.41) is 10.9. The fourth-order valence-electron chi connectivity index (χ4n) is 10.6. The number of fused-ring (bicyclic) bond motifs is 14. The third kappa shape index (κ3) is 5.44. The first kappa shape index (κ1) is 36.9. The smallest absolute Gasteiger partial charge is 0.238 e. The van der Waals surface area contributed by atoms with E-state index in [1.54, 1.807) is 0 Å². The zero-order chi connectivity index (χ0) is 44.5. The molecular weight excluding hydrogens is 837 g/mol. The molecule has 0 N–H and O–H groups in total. The minimum absolute atomic E-state index is 0.493. The van der Waals surface area contributed by atoms with Crippen LogP contribution in [0.5, 0.6) is 0 Å². The number of hydrogen-bond donors (Lipinski definition) is 0. The third-order valence-corrected chi connectivity index (χ3v) is 13.7. The molecule has 0 unspecified atom stereocenters. The minimum atomic E-state index is 0.493. The summed E-state index contributed by atoms with van der Waals surface area (Å²) in [7, 11) is 0. The van der Waals surface area contributed by atoms with E-state index >= 15 is 0 Å². The normalized spacial score (nSPS) is 12.1. The van der Waals surface area contributed by atoms with E-state index in [0.29, 0.717) is 17.6 Å². The maximum atomic E-state index is 6.42. The van der Waals surface area contributed by atoms with Gasteiger partial charge in [0, 0.05) is 59.8 Å². The van der Waals surface area contributed by atoms with Gasteiger partial charge in [-0.3, -0.25) is 4.57 Å². The molecule has 0 aliphatic carbocycles. The second-order valence-corrected chi connectivity index (χ2v) is 17.5. The van der Waals surface area contributed by atoms with Crippen molar-refractivity contribution in [2.75, 3.05) is 0 Å². The van der Waals surface area contributed by atoms with Gasteiger partial charge in [0.1, 0.15) is 33.5 Å². The van der Waals surface area contributed by atoms with Crippen molar-refractivity contribution in [2.45, 2.75) is 0 Å². The average molecular weight is 871 g/mol. The van der Waals surface area contributed by atoms with Crippen LogP contribution in [-0.2, 0) is 0 Å². The molecular formula is C61H34N4O3. The molecule has 0 fully saturated rings. The summed E-state index contributed by atoms with van der Waals surface area (Å²) in [6, 6.07) is 71.7. The standard InChI is InChI=1S/C61H34N4O3/c1-2-15-40-35(12-1)28-31-49-56(40)48-21-10-20-42(37-14-9-13-36(32-37)41-19-11-25-53-57(41)47-18-5-8-24-52(47)66-53)58(48)65(49)61-63-59(38-26-29-45-43-16-3-6-22-50(43)67-54(45)33-38)62-60(64-61)39-27-30-46-44-17-4-7-23-51(44)68-55(46)34-39/h1-34H. The fourth-order valence-corrected chi connectivity index (χ4v) is 10.6. The Morgan fingerprint density at radius 3 is 1.53 bits per heavy atom. The van der Waals surface area contributed by atoms with Crippen LogP contribution in [0, 0.1) is 0 Å². The van der Waals surface area contributed by atoms with E-state index in [-0.39, 0.29) is 0 Å². The van der Waals surface area contributed by atoms with E-state index in [1.807, 2.05) is 66.7 Å². The molecule has 7 nitrogen and oxygen atoms in total. The van der Waals surface area contributed by atoms with Gasteiger partial charge in [-0.2, -0.15) is 9.97 Å². The Balaban J connectivity index is 1.01. The highest BCUT2D eigenvalue weighted by Gasteiger charge is 2.23. The molecule has 7 heteroatoms. The Labute approximate surface area is 386 Å². The largest absolute Gasteiger partial charge is 0.456 e. The molecule has 0 spiro atoms. The lowest BCUT2D eigenvalue weighted by atomic mass is 9.95. The minimum Gasteiger partial charge on any atom is -0.456 e. The Hall–Kier alpha value is -9.33. The highest BCUT2D eigenvalue weighted by molar-refractivity contribution is 6.23. The quantitative estimate of drug-likeness (QED) is 0.171. The highest BCUT2D eigenvalue weighted by atomic mass is 16.3. The molecule has 10 aromatic carbocycles. The monoisotopic (exact) mass is 870 g/mol. The molecule has 0 saturated carbocycles. The number of benzene rings is 10. The Morgan fingerprint density at radius 1 is 0.309 bits per heavy atom. The SMILES string of the molecule is c1cc(-c2cccc3oc4ccccc4c23)cc(-c2cccc3c4c5ccccc5ccc4n(-c4nc(-c5ccc6c(c5)oc5ccccc56)nc(-c5ccc6c(c5)oc5ccccc56)n4)c23)c1. The van der Waals surface area contributed by atoms with Gasteiger partial charge in [0.25, 0.3) is 0 Å². The summed E-state index contributed by atoms with van der Waals surface area (Å²) >= 11 is 0. The van der Waals surface area contributed by atoms with Crippen molar-refractivity contribution < 1.29 is 13.3 Å². The van der Waals surface area contributed by atoms with E-state index in [4.69, 9.17) is 28.2 Å². The van der Waals surface area contributed by atoms with Gasteiger partial charge in [0.05, 0.1) is 11.0 Å². The number of furan rings is 3. The van der Waals surface area contributed by atoms with Crippen molar-refractivity contribution in [3.05, 3.63) is 206 Å². The van der Waals surface area contributed by atoms with Crippen molar-refractivity contribution in [3.63, 3.8) is 0 Å². The van der Waals surface area contributed by atoms with Crippen LogP contribution in [-0.4, -0.2) is 19.5 Å². The van der Waals surface area contributed by atoms with Crippen molar-refractivity contribution in [2.24, 2.45) is 0 Å². The van der Waals surface area contributed by atoms with Gasteiger partial charge in [-0.25, -0.2) is 4.98 Å². The van der Waals surface area contributed by atoms with Gasteiger partial charge in [-0.1, -0.05) is 146 Å². The summed E-state index contributed by atoms with van der Waals surface area (Å²) in [4.78, 5) is 16.1. The lowest BCUT2D eigenvalue weighted by molar-refractivity contribution is 0.668. The molecule has 0 aliphatic rings. The Bertz CT molecular complexity index is 4460. The summed E-state index contributed by atoms with van der Waals surface area (Å²) < 4.78 is 21.4.